The third-order valence-electron chi connectivity index (χ3n) is 2.99. The second-order valence-electron chi connectivity index (χ2n) is 4.21. The summed E-state index contributed by atoms with van der Waals surface area (Å²) in [5, 5.41) is 0.566. The van der Waals surface area contributed by atoms with Crippen LogP contribution in [-0.4, -0.2) is 9.38 Å². The van der Waals surface area contributed by atoms with E-state index in [2.05, 4.69) is 9.38 Å². The minimum Gasteiger partial charge on any atom is -0.398 e. The van der Waals surface area contributed by atoms with E-state index in [4.69, 9.17) is 17.3 Å². The molecule has 0 aliphatic carbocycles. The Morgan fingerprint density at radius 3 is 2.83 bits per heavy atom. The maximum atomic E-state index is 5.94. The topological polar surface area (TPSA) is 43.3 Å². The number of aryl methyl sites for hydroxylation is 1. The average molecular weight is 258 g/mol. The molecule has 0 spiro atoms. The van der Waals surface area contributed by atoms with Gasteiger partial charge in [-0.25, -0.2) is 4.98 Å². The summed E-state index contributed by atoms with van der Waals surface area (Å²) in [5.74, 6) is 0.881. The van der Waals surface area contributed by atoms with Crippen LogP contribution in [-0.2, 0) is 0 Å². The van der Waals surface area contributed by atoms with Crippen LogP contribution in [0.4, 0.5) is 5.69 Å². The molecule has 3 nitrogen and oxygen atoms in total. The van der Waals surface area contributed by atoms with E-state index >= 15 is 0 Å². The van der Waals surface area contributed by atoms with Crippen LogP contribution in [0.2, 0.25) is 5.02 Å². The lowest BCUT2D eigenvalue weighted by Crippen LogP contribution is -1.91. The molecule has 0 amide bonds. The van der Waals surface area contributed by atoms with Gasteiger partial charge in [0.15, 0.2) is 0 Å². The van der Waals surface area contributed by atoms with E-state index in [-0.39, 0.29) is 0 Å². The minimum absolute atomic E-state index is 0.566. The number of imidazole rings is 1. The number of hydrogen-bond donors (Lipinski definition) is 1. The Balaban J connectivity index is 2.28. The van der Waals surface area contributed by atoms with Crippen molar-refractivity contribution in [3.05, 3.63) is 53.3 Å². The molecule has 2 aromatic heterocycles. The summed E-state index contributed by atoms with van der Waals surface area (Å²) in [7, 11) is 0. The van der Waals surface area contributed by atoms with Gasteiger partial charge in [-0.1, -0.05) is 17.7 Å². The Hall–Kier alpha value is -2.00. The Morgan fingerprint density at radius 1 is 1.22 bits per heavy atom. The summed E-state index contributed by atoms with van der Waals surface area (Å²) >= 11 is 5.94. The fourth-order valence-electron chi connectivity index (χ4n) is 2.08. The van der Waals surface area contributed by atoms with Gasteiger partial charge < -0.3 is 5.73 Å². The maximum Gasteiger partial charge on any atom is 0.144 e. The zero-order chi connectivity index (χ0) is 12.7. The smallest absolute Gasteiger partial charge is 0.144 e. The van der Waals surface area contributed by atoms with E-state index in [9.17, 15) is 0 Å². The molecule has 1 aromatic carbocycles. The van der Waals surface area contributed by atoms with Crippen LogP contribution in [0.5, 0.6) is 0 Å². The molecule has 0 aliphatic rings. The fraction of sp³-hybridized carbons (Fsp3) is 0.0714. The van der Waals surface area contributed by atoms with Crippen LogP contribution >= 0.6 is 11.6 Å². The van der Waals surface area contributed by atoms with Gasteiger partial charge >= 0.3 is 0 Å². The van der Waals surface area contributed by atoms with Gasteiger partial charge in [0.25, 0.3) is 0 Å². The molecule has 0 aliphatic heterocycles. The van der Waals surface area contributed by atoms with Crippen LogP contribution in [0.1, 0.15) is 5.69 Å². The van der Waals surface area contributed by atoms with Crippen molar-refractivity contribution in [1.82, 2.24) is 9.38 Å². The Kier molecular flexibility index (Phi) is 2.49. The predicted molar refractivity (Wildman–Crippen MR) is 74.8 cm³/mol. The summed E-state index contributed by atoms with van der Waals surface area (Å²) in [5.41, 5.74) is 9.47. The number of benzene rings is 1. The Morgan fingerprint density at radius 2 is 2.06 bits per heavy atom. The first-order valence-electron chi connectivity index (χ1n) is 5.66. The van der Waals surface area contributed by atoms with Gasteiger partial charge in [-0.05, 0) is 37.3 Å². The van der Waals surface area contributed by atoms with Crippen molar-refractivity contribution in [2.75, 3.05) is 5.73 Å². The molecule has 2 N–H and O–H groups in total. The van der Waals surface area contributed by atoms with Crippen LogP contribution in [0.15, 0.2) is 42.6 Å². The predicted octanol–water partition coefficient (Wildman–Crippen LogP) is 3.55. The molecule has 90 valence electrons. The first-order chi connectivity index (χ1) is 8.66. The van der Waals surface area contributed by atoms with E-state index in [0.717, 1.165) is 22.6 Å². The Labute approximate surface area is 110 Å². The molecule has 0 atom stereocenters. The number of hydrogen-bond acceptors (Lipinski definition) is 2. The number of fused-ring (bicyclic) bond motifs is 1. The van der Waals surface area contributed by atoms with Crippen LogP contribution < -0.4 is 5.73 Å². The molecule has 2 heterocycles. The standard InChI is InChI=1S/C14H12ClN3/c1-9-13-4-2-3-7-18(13)14(17-9)10-5-6-11(15)12(16)8-10/h2-8H,16H2,1H3. The lowest BCUT2D eigenvalue weighted by molar-refractivity contribution is 1.16. The molecule has 3 aromatic rings. The van der Waals surface area contributed by atoms with Crippen molar-refractivity contribution in [1.29, 1.82) is 0 Å². The average Bonchev–Trinajstić information content (AvgIpc) is 2.71. The molecule has 0 saturated carbocycles. The third kappa shape index (κ3) is 1.64. The summed E-state index contributed by atoms with van der Waals surface area (Å²) in [6.45, 7) is 2.00. The number of pyridine rings is 1. The highest BCUT2D eigenvalue weighted by atomic mass is 35.5. The molecular formula is C14H12ClN3. The zero-order valence-corrected chi connectivity index (χ0v) is 10.6. The van der Waals surface area contributed by atoms with Gasteiger partial charge in [0.2, 0.25) is 0 Å². The fourth-order valence-corrected chi connectivity index (χ4v) is 2.20. The molecule has 18 heavy (non-hydrogen) atoms. The van der Waals surface area contributed by atoms with Crippen molar-refractivity contribution in [2.24, 2.45) is 0 Å². The molecule has 0 bridgehead atoms. The minimum atomic E-state index is 0.566. The number of nitrogens with two attached hydrogens (primary N) is 1. The highest BCUT2D eigenvalue weighted by Gasteiger charge is 2.10. The van der Waals surface area contributed by atoms with Crippen molar-refractivity contribution in [2.45, 2.75) is 6.92 Å². The second kappa shape index (κ2) is 4.03. The Bertz CT molecular complexity index is 731. The highest BCUT2D eigenvalue weighted by molar-refractivity contribution is 6.33. The summed E-state index contributed by atoms with van der Waals surface area (Å²) in [6.07, 6.45) is 2.00. The summed E-state index contributed by atoms with van der Waals surface area (Å²) in [6, 6.07) is 11.6. The quantitative estimate of drug-likeness (QED) is 0.678. The van der Waals surface area contributed by atoms with Crippen LogP contribution in [0.25, 0.3) is 16.9 Å². The van der Waals surface area contributed by atoms with Gasteiger partial charge in [-0.15, -0.1) is 0 Å². The third-order valence-corrected chi connectivity index (χ3v) is 3.33. The van der Waals surface area contributed by atoms with E-state index in [1.807, 2.05) is 43.5 Å². The SMILES string of the molecule is Cc1nc(-c2ccc(Cl)c(N)c2)n2ccccc12. The summed E-state index contributed by atoms with van der Waals surface area (Å²) < 4.78 is 2.05. The van der Waals surface area contributed by atoms with Gasteiger partial charge in [-0.3, -0.25) is 4.40 Å². The van der Waals surface area contributed by atoms with Crippen LogP contribution in [0.3, 0.4) is 0 Å². The monoisotopic (exact) mass is 257 g/mol. The highest BCUT2D eigenvalue weighted by Crippen LogP contribution is 2.27. The first-order valence-corrected chi connectivity index (χ1v) is 6.03. The van der Waals surface area contributed by atoms with E-state index in [0.29, 0.717) is 10.7 Å². The van der Waals surface area contributed by atoms with Crippen molar-refractivity contribution in [3.8, 4) is 11.4 Å². The zero-order valence-electron chi connectivity index (χ0n) is 9.89. The number of nitrogen functional groups attached to an aromatic ring is 1. The van der Waals surface area contributed by atoms with Gasteiger partial charge in [-0.2, -0.15) is 0 Å². The second-order valence-corrected chi connectivity index (χ2v) is 4.62. The normalized spacial score (nSPS) is 11.0. The lowest BCUT2D eigenvalue weighted by atomic mass is 10.2. The van der Waals surface area contributed by atoms with Gasteiger partial charge in [0, 0.05) is 11.8 Å². The van der Waals surface area contributed by atoms with Gasteiger partial charge in [0.1, 0.15) is 5.82 Å². The van der Waals surface area contributed by atoms with Crippen molar-refractivity contribution >= 4 is 22.8 Å². The van der Waals surface area contributed by atoms with Gasteiger partial charge in [0.05, 0.1) is 21.9 Å². The number of rotatable bonds is 1. The van der Waals surface area contributed by atoms with Crippen LogP contribution in [0, 0.1) is 6.92 Å². The lowest BCUT2D eigenvalue weighted by Gasteiger charge is -2.03. The molecule has 0 saturated heterocycles. The van der Waals surface area contributed by atoms with E-state index < -0.39 is 0 Å². The number of halogens is 1. The number of aromatic nitrogens is 2. The van der Waals surface area contributed by atoms with E-state index in [1.54, 1.807) is 6.07 Å². The van der Waals surface area contributed by atoms with E-state index in [1.165, 1.54) is 0 Å². The molecule has 4 heteroatoms. The molecule has 0 unspecified atom stereocenters. The maximum absolute atomic E-state index is 5.94. The molecule has 0 radical (unpaired) electrons. The summed E-state index contributed by atoms with van der Waals surface area (Å²) in [4.78, 5) is 4.60. The van der Waals surface area contributed by atoms with Crippen molar-refractivity contribution in [3.63, 3.8) is 0 Å². The molecular weight excluding hydrogens is 246 g/mol. The molecule has 3 rings (SSSR count). The number of nitrogens with zero attached hydrogens (tertiary/aromatic N) is 2. The largest absolute Gasteiger partial charge is 0.398 e. The van der Waals surface area contributed by atoms with Crippen molar-refractivity contribution < 1.29 is 0 Å². The number of anilines is 1. The molecule has 0 fully saturated rings. The first kappa shape index (κ1) is 11.1.